The third kappa shape index (κ3) is 5.77. The van der Waals surface area contributed by atoms with Crippen molar-refractivity contribution in [3.63, 3.8) is 0 Å². The van der Waals surface area contributed by atoms with E-state index in [0.717, 1.165) is 34.1 Å². The maximum Gasteiger partial charge on any atom is 0.0476 e. The molecule has 11 aromatic rings. The predicted molar refractivity (Wildman–Crippen MR) is 267 cm³/mol. The van der Waals surface area contributed by atoms with Crippen LogP contribution in [0, 0.1) is 0 Å². The van der Waals surface area contributed by atoms with Crippen molar-refractivity contribution in [2.24, 2.45) is 0 Å². The normalized spacial score (nSPS) is 12.8. The molecule has 1 aromatic heterocycles. The topological polar surface area (TPSA) is 6.48 Å². The van der Waals surface area contributed by atoms with Crippen LogP contribution in [-0.2, 0) is 5.41 Å². The zero-order valence-electron chi connectivity index (χ0n) is 34.6. The van der Waals surface area contributed by atoms with E-state index >= 15 is 0 Å². The summed E-state index contributed by atoms with van der Waals surface area (Å²) in [4.78, 5) is 4.71. The van der Waals surface area contributed by atoms with E-state index in [1.807, 2.05) is 11.3 Å². The molecule has 10 aromatic carbocycles. The van der Waals surface area contributed by atoms with Gasteiger partial charge in [-0.15, -0.1) is 11.3 Å². The maximum atomic E-state index is 2.45. The van der Waals surface area contributed by atoms with E-state index in [1.165, 1.54) is 75.1 Å². The molecule has 0 unspecified atom stereocenters. The Labute approximate surface area is 366 Å². The van der Waals surface area contributed by atoms with E-state index in [-0.39, 0.29) is 5.41 Å². The molecule has 12 rings (SSSR count). The summed E-state index contributed by atoms with van der Waals surface area (Å²) in [6.07, 6.45) is 0. The minimum absolute atomic E-state index is 0.183. The Morgan fingerprint density at radius 3 is 1.39 bits per heavy atom. The van der Waals surface area contributed by atoms with Crippen molar-refractivity contribution in [1.82, 2.24) is 0 Å². The van der Waals surface area contributed by atoms with E-state index in [4.69, 9.17) is 0 Å². The molecule has 62 heavy (non-hydrogen) atoms. The van der Waals surface area contributed by atoms with Gasteiger partial charge in [0.1, 0.15) is 0 Å². The lowest BCUT2D eigenvalue weighted by atomic mass is 9.81. The average Bonchev–Trinajstić information content (AvgIpc) is 3.82. The summed E-state index contributed by atoms with van der Waals surface area (Å²) in [6, 6.07) is 80.0. The van der Waals surface area contributed by atoms with Crippen molar-refractivity contribution in [2.45, 2.75) is 19.3 Å². The Bertz CT molecular complexity index is 3400. The van der Waals surface area contributed by atoms with Gasteiger partial charge in [0, 0.05) is 65.1 Å². The third-order valence-corrected chi connectivity index (χ3v) is 14.2. The molecule has 0 saturated carbocycles. The zero-order valence-corrected chi connectivity index (χ0v) is 35.4. The highest BCUT2D eigenvalue weighted by Gasteiger charge is 2.36. The molecule has 0 atom stereocenters. The number of fused-ring (bicyclic) bond motifs is 11. The van der Waals surface area contributed by atoms with Gasteiger partial charge >= 0.3 is 0 Å². The van der Waals surface area contributed by atoms with Crippen molar-refractivity contribution in [3.8, 4) is 22.3 Å². The number of para-hydroxylation sites is 4. The van der Waals surface area contributed by atoms with Crippen molar-refractivity contribution < 1.29 is 0 Å². The number of hydrogen-bond donors (Lipinski definition) is 0. The van der Waals surface area contributed by atoms with E-state index < -0.39 is 0 Å². The molecule has 1 aliphatic rings. The smallest absolute Gasteiger partial charge is 0.0476 e. The molecule has 0 bridgehead atoms. The van der Waals surface area contributed by atoms with Crippen LogP contribution in [0.4, 0.5) is 34.1 Å². The van der Waals surface area contributed by atoms with Crippen LogP contribution in [0.1, 0.15) is 25.0 Å². The van der Waals surface area contributed by atoms with Crippen molar-refractivity contribution in [3.05, 3.63) is 230 Å². The average molecular weight is 811 g/mol. The first-order valence-corrected chi connectivity index (χ1v) is 22.2. The van der Waals surface area contributed by atoms with Crippen molar-refractivity contribution in [1.29, 1.82) is 0 Å². The zero-order chi connectivity index (χ0) is 41.4. The van der Waals surface area contributed by atoms with Crippen LogP contribution in [-0.4, -0.2) is 0 Å². The van der Waals surface area contributed by atoms with E-state index in [1.54, 1.807) is 0 Å². The Kier molecular flexibility index (Phi) is 8.41. The molecular formula is C59H42N2S. The van der Waals surface area contributed by atoms with Gasteiger partial charge in [-0.05, 0) is 134 Å². The SMILES string of the molecule is CC1(C)c2cc(-c3ccc4c(c3)c3ccccc3c3c5ccc(N(c6ccccc6)c6ccccc6)cc5sc43)ccc2-c2ccc(N(c3ccccc3)c3ccccc3)cc21. The van der Waals surface area contributed by atoms with E-state index in [9.17, 15) is 0 Å². The molecule has 0 radical (unpaired) electrons. The summed E-state index contributed by atoms with van der Waals surface area (Å²) in [5.41, 5.74) is 14.6. The molecule has 0 amide bonds. The van der Waals surface area contributed by atoms with Gasteiger partial charge < -0.3 is 9.80 Å². The Morgan fingerprint density at radius 1 is 0.339 bits per heavy atom. The number of nitrogens with zero attached hydrogens (tertiary/aromatic N) is 2. The highest BCUT2D eigenvalue weighted by Crippen LogP contribution is 2.52. The summed E-state index contributed by atoms with van der Waals surface area (Å²) < 4.78 is 2.63. The summed E-state index contributed by atoms with van der Waals surface area (Å²) in [5.74, 6) is 0. The number of benzene rings is 10. The van der Waals surface area contributed by atoms with Gasteiger partial charge in [0.15, 0.2) is 0 Å². The van der Waals surface area contributed by atoms with Gasteiger partial charge in [0.25, 0.3) is 0 Å². The number of anilines is 6. The van der Waals surface area contributed by atoms with Gasteiger partial charge in [-0.3, -0.25) is 0 Å². The molecule has 0 fully saturated rings. The second-order valence-electron chi connectivity index (χ2n) is 16.9. The maximum absolute atomic E-state index is 2.45. The number of thiophene rings is 1. The molecule has 0 spiro atoms. The largest absolute Gasteiger partial charge is 0.310 e. The molecule has 0 saturated heterocycles. The minimum Gasteiger partial charge on any atom is -0.310 e. The van der Waals surface area contributed by atoms with Crippen molar-refractivity contribution >= 4 is 87.2 Å². The molecule has 1 aliphatic carbocycles. The fourth-order valence-corrected chi connectivity index (χ4v) is 11.3. The fraction of sp³-hybridized carbons (Fsp3) is 0.0508. The third-order valence-electron chi connectivity index (χ3n) is 13.0. The monoisotopic (exact) mass is 810 g/mol. The Morgan fingerprint density at radius 2 is 0.790 bits per heavy atom. The first-order valence-electron chi connectivity index (χ1n) is 21.4. The van der Waals surface area contributed by atoms with Gasteiger partial charge in [-0.25, -0.2) is 0 Å². The Balaban J connectivity index is 0.959. The van der Waals surface area contributed by atoms with Crippen LogP contribution in [0.5, 0.6) is 0 Å². The first kappa shape index (κ1) is 36.4. The summed E-state index contributed by atoms with van der Waals surface area (Å²) in [7, 11) is 0. The van der Waals surface area contributed by atoms with Crippen LogP contribution in [0.3, 0.4) is 0 Å². The van der Waals surface area contributed by atoms with Crippen molar-refractivity contribution in [2.75, 3.05) is 9.80 Å². The molecule has 1 heterocycles. The lowest BCUT2D eigenvalue weighted by Crippen LogP contribution is -2.16. The quantitative estimate of drug-likeness (QED) is 0.148. The molecule has 0 N–H and O–H groups in total. The number of hydrogen-bond acceptors (Lipinski definition) is 3. The van der Waals surface area contributed by atoms with E-state index in [2.05, 4.69) is 242 Å². The van der Waals surface area contributed by atoms with Crippen LogP contribution >= 0.6 is 11.3 Å². The summed E-state index contributed by atoms with van der Waals surface area (Å²) >= 11 is 1.91. The highest BCUT2D eigenvalue weighted by molar-refractivity contribution is 7.27. The minimum atomic E-state index is -0.183. The summed E-state index contributed by atoms with van der Waals surface area (Å²) in [6.45, 7) is 4.77. The number of rotatable bonds is 7. The molecule has 2 nitrogen and oxygen atoms in total. The molecule has 3 heteroatoms. The molecular weight excluding hydrogens is 769 g/mol. The molecule has 0 aliphatic heterocycles. The van der Waals surface area contributed by atoms with Crippen LogP contribution in [0.15, 0.2) is 218 Å². The van der Waals surface area contributed by atoms with Gasteiger partial charge in [-0.2, -0.15) is 0 Å². The van der Waals surface area contributed by atoms with Gasteiger partial charge in [-0.1, -0.05) is 147 Å². The van der Waals surface area contributed by atoms with E-state index in [0.29, 0.717) is 0 Å². The highest BCUT2D eigenvalue weighted by atomic mass is 32.1. The Hall–Kier alpha value is -7.46. The predicted octanol–water partition coefficient (Wildman–Crippen LogP) is 17.3. The second-order valence-corrected chi connectivity index (χ2v) is 18.0. The first-order chi connectivity index (χ1) is 30.5. The molecule has 294 valence electrons. The lowest BCUT2D eigenvalue weighted by molar-refractivity contribution is 0.660. The van der Waals surface area contributed by atoms with Crippen LogP contribution < -0.4 is 9.80 Å². The summed E-state index contributed by atoms with van der Waals surface area (Å²) in [5, 5.41) is 7.83. The standard InChI is InChI=1S/C59H42N2S/c1-59(2)54-36-40(27-31-48(54)49-33-29-45(37-55(49)59)60(41-17-7-3-8-18-41)42-19-9-4-10-20-42)39-28-32-51-53(35-39)47-25-15-16-26-50(47)57-52-34-30-46(38-56(52)62-58(51)57)61(43-21-11-5-12-22-43)44-23-13-6-14-24-44/h3-38H,1-2H3. The lowest BCUT2D eigenvalue weighted by Gasteiger charge is -2.28. The van der Waals surface area contributed by atoms with Gasteiger partial charge in [0.05, 0.1) is 0 Å². The van der Waals surface area contributed by atoms with Crippen LogP contribution in [0.25, 0.3) is 64.0 Å². The van der Waals surface area contributed by atoms with Crippen LogP contribution in [0.2, 0.25) is 0 Å². The second kappa shape index (κ2) is 14.3. The van der Waals surface area contributed by atoms with Gasteiger partial charge in [0.2, 0.25) is 0 Å². The fourth-order valence-electron chi connectivity index (χ4n) is 10.0.